The molecule has 2 aromatic heterocycles. The van der Waals surface area contributed by atoms with E-state index in [1.54, 1.807) is 6.33 Å². The third-order valence-electron chi connectivity index (χ3n) is 5.89. The highest BCUT2D eigenvalue weighted by atomic mass is 127. The zero-order chi connectivity index (χ0) is 19.4. The number of hydrogen-bond donors (Lipinski definition) is 3. The fraction of sp³-hybridized carbons (Fsp3) is 0.421. The molecule has 0 aliphatic heterocycles. The molecular formula is C19H19ClIN5O2. The second-order valence-corrected chi connectivity index (χ2v) is 9.18. The van der Waals surface area contributed by atoms with Crippen LogP contribution in [0.15, 0.2) is 30.6 Å². The molecule has 28 heavy (non-hydrogen) atoms. The van der Waals surface area contributed by atoms with E-state index in [9.17, 15) is 10.2 Å². The van der Waals surface area contributed by atoms with Crippen molar-refractivity contribution in [2.24, 2.45) is 17.8 Å². The van der Waals surface area contributed by atoms with Crippen molar-refractivity contribution in [3.8, 4) is 0 Å². The van der Waals surface area contributed by atoms with Crippen LogP contribution >= 0.6 is 34.2 Å². The second-order valence-electron chi connectivity index (χ2n) is 7.60. The normalized spacial score (nSPS) is 28.5. The molecule has 9 heteroatoms. The predicted molar refractivity (Wildman–Crippen MR) is 114 cm³/mol. The van der Waals surface area contributed by atoms with Gasteiger partial charge in [0, 0.05) is 22.6 Å². The van der Waals surface area contributed by atoms with Crippen molar-refractivity contribution in [2.45, 2.75) is 31.7 Å². The Bertz CT molecular complexity index is 1030. The smallest absolute Gasteiger partial charge is 0.226 e. The molecule has 5 atom stereocenters. The van der Waals surface area contributed by atoms with E-state index in [4.69, 9.17) is 11.6 Å². The molecule has 3 aromatic rings. The van der Waals surface area contributed by atoms with Gasteiger partial charge >= 0.3 is 0 Å². The zero-order valence-electron chi connectivity index (χ0n) is 14.8. The van der Waals surface area contributed by atoms with E-state index in [2.05, 4.69) is 67.1 Å². The molecule has 3 N–H and O–H groups in total. The molecule has 7 nitrogen and oxygen atoms in total. The summed E-state index contributed by atoms with van der Waals surface area (Å²) in [5.41, 5.74) is 2.41. The topological polar surface area (TPSA) is 96.1 Å². The number of fused-ring (bicyclic) bond motifs is 2. The maximum atomic E-state index is 10.3. The lowest BCUT2D eigenvalue weighted by molar-refractivity contribution is -0.00373. The van der Waals surface area contributed by atoms with Crippen molar-refractivity contribution in [1.82, 2.24) is 19.5 Å². The van der Waals surface area contributed by atoms with Gasteiger partial charge in [0.25, 0.3) is 0 Å². The Hall–Kier alpha value is -1.49. The highest BCUT2D eigenvalue weighted by Gasteiger charge is 2.58. The van der Waals surface area contributed by atoms with Crippen molar-refractivity contribution in [1.29, 1.82) is 0 Å². The minimum atomic E-state index is -0.697. The Morgan fingerprint density at radius 3 is 2.64 bits per heavy atom. The van der Waals surface area contributed by atoms with Gasteiger partial charge in [0.05, 0.1) is 18.5 Å². The van der Waals surface area contributed by atoms with E-state index < -0.39 is 12.2 Å². The molecule has 2 saturated carbocycles. The summed E-state index contributed by atoms with van der Waals surface area (Å²) in [7, 11) is 0. The molecule has 0 bridgehead atoms. The monoisotopic (exact) mass is 511 g/mol. The molecular weight excluding hydrogens is 493 g/mol. The molecule has 1 aromatic carbocycles. The number of anilines is 1. The number of aliphatic hydroxyl groups is 2. The minimum absolute atomic E-state index is 0.00865. The number of benzene rings is 1. The van der Waals surface area contributed by atoms with E-state index >= 15 is 0 Å². The number of imidazole rings is 1. The summed E-state index contributed by atoms with van der Waals surface area (Å²) in [6.07, 6.45) is 1.38. The number of aromatic nitrogens is 4. The van der Waals surface area contributed by atoms with Gasteiger partial charge in [-0.1, -0.05) is 12.1 Å². The lowest BCUT2D eigenvalue weighted by atomic mass is 9.99. The van der Waals surface area contributed by atoms with Gasteiger partial charge in [-0.2, -0.15) is 9.97 Å². The number of aliphatic hydroxyl groups excluding tert-OH is 2. The molecule has 0 spiro atoms. The first-order chi connectivity index (χ1) is 13.5. The standard InChI is InChI=1S/C19H19ClIN5O2/c20-19-24-17(22-6-9-1-3-10(21)4-2-9)14-18(25-19)26(8-23-14)7-13-11-5-12(11)15(27)16(13)28/h1-4,8,11-13,15-16,27-28H,5-7H2,(H,22,24,25)/t11-,12+,13+,15+,16-/m0/s1. The summed E-state index contributed by atoms with van der Waals surface area (Å²) in [5, 5.41) is 23.8. The van der Waals surface area contributed by atoms with Crippen LogP contribution in [-0.4, -0.2) is 41.9 Å². The zero-order valence-corrected chi connectivity index (χ0v) is 17.7. The first kappa shape index (κ1) is 18.5. The van der Waals surface area contributed by atoms with E-state index in [0.717, 1.165) is 12.0 Å². The molecule has 5 rings (SSSR count). The summed E-state index contributed by atoms with van der Waals surface area (Å²) in [6, 6.07) is 8.24. The molecule has 0 radical (unpaired) electrons. The van der Waals surface area contributed by atoms with Gasteiger partial charge in [-0.05, 0) is 70.1 Å². The molecule has 0 amide bonds. The minimum Gasteiger partial charge on any atom is -0.390 e. The lowest BCUT2D eigenvalue weighted by Gasteiger charge is -2.21. The summed E-state index contributed by atoms with van der Waals surface area (Å²) >= 11 is 8.44. The lowest BCUT2D eigenvalue weighted by Crippen LogP contribution is -2.31. The van der Waals surface area contributed by atoms with Gasteiger partial charge in [-0.3, -0.25) is 0 Å². The van der Waals surface area contributed by atoms with Crippen LogP contribution < -0.4 is 5.32 Å². The van der Waals surface area contributed by atoms with Gasteiger partial charge in [-0.15, -0.1) is 0 Å². The third-order valence-corrected chi connectivity index (χ3v) is 6.77. The first-order valence-electron chi connectivity index (χ1n) is 9.24. The largest absolute Gasteiger partial charge is 0.390 e. The van der Waals surface area contributed by atoms with Crippen molar-refractivity contribution in [3.05, 3.63) is 45.0 Å². The van der Waals surface area contributed by atoms with Gasteiger partial charge in [0.1, 0.15) is 0 Å². The number of nitrogens with one attached hydrogen (secondary N) is 1. The summed E-state index contributed by atoms with van der Waals surface area (Å²) < 4.78 is 3.09. The molecule has 0 saturated heterocycles. The van der Waals surface area contributed by atoms with Crippen molar-refractivity contribution in [2.75, 3.05) is 5.32 Å². The van der Waals surface area contributed by atoms with Crippen LogP contribution in [0, 0.1) is 21.3 Å². The fourth-order valence-electron chi connectivity index (χ4n) is 4.31. The Morgan fingerprint density at radius 2 is 1.93 bits per heavy atom. The van der Waals surface area contributed by atoms with Crippen LogP contribution in [-0.2, 0) is 13.1 Å². The van der Waals surface area contributed by atoms with E-state index in [1.807, 2.05) is 4.57 Å². The van der Waals surface area contributed by atoms with Crippen molar-refractivity contribution >= 4 is 51.2 Å². The van der Waals surface area contributed by atoms with Crippen LogP contribution in [0.4, 0.5) is 5.82 Å². The van der Waals surface area contributed by atoms with E-state index in [1.165, 1.54) is 3.57 Å². The molecule has 2 aliphatic rings. The van der Waals surface area contributed by atoms with Crippen molar-refractivity contribution < 1.29 is 10.2 Å². The van der Waals surface area contributed by atoms with Gasteiger partial charge in [0.2, 0.25) is 5.28 Å². The Kier molecular flexibility index (Phi) is 4.69. The van der Waals surface area contributed by atoms with E-state index in [-0.39, 0.29) is 17.1 Å². The first-order valence-corrected chi connectivity index (χ1v) is 10.7. The van der Waals surface area contributed by atoms with Crippen LogP contribution in [0.5, 0.6) is 0 Å². The van der Waals surface area contributed by atoms with Crippen LogP contribution in [0.2, 0.25) is 5.28 Å². The molecule has 146 valence electrons. The van der Waals surface area contributed by atoms with Gasteiger partial charge in [-0.25, -0.2) is 4.98 Å². The Balaban J connectivity index is 1.40. The number of halogens is 2. The average Bonchev–Trinajstić information content (AvgIpc) is 3.32. The van der Waals surface area contributed by atoms with Crippen LogP contribution in [0.1, 0.15) is 12.0 Å². The summed E-state index contributed by atoms with van der Waals surface area (Å²) in [5.74, 6) is 1.20. The second kappa shape index (κ2) is 7.08. The Morgan fingerprint density at radius 1 is 1.14 bits per heavy atom. The van der Waals surface area contributed by atoms with Gasteiger partial charge in [0.15, 0.2) is 17.0 Å². The fourth-order valence-corrected chi connectivity index (χ4v) is 4.84. The molecule has 2 fully saturated rings. The summed E-state index contributed by atoms with van der Waals surface area (Å²) in [4.78, 5) is 13.1. The molecule has 2 aliphatic carbocycles. The van der Waals surface area contributed by atoms with Crippen molar-refractivity contribution in [3.63, 3.8) is 0 Å². The highest BCUT2D eigenvalue weighted by Crippen LogP contribution is 2.56. The molecule has 0 unspecified atom stereocenters. The third kappa shape index (κ3) is 3.26. The maximum absolute atomic E-state index is 10.3. The molecule has 2 heterocycles. The Labute approximate surface area is 180 Å². The predicted octanol–water partition coefficient (Wildman–Crippen LogP) is 2.68. The van der Waals surface area contributed by atoms with E-state index in [0.29, 0.717) is 36.0 Å². The quantitative estimate of drug-likeness (QED) is 0.360. The average molecular weight is 512 g/mol. The van der Waals surface area contributed by atoms with Gasteiger partial charge < -0.3 is 20.1 Å². The SMILES string of the molecule is O[C@@H]1[C@H](O)[C@@H]2C[C@@H]2[C@H]1Cn1cnc2c(NCc3ccc(I)cc3)nc(Cl)nc21. The number of hydrogen-bond acceptors (Lipinski definition) is 6. The summed E-state index contributed by atoms with van der Waals surface area (Å²) in [6.45, 7) is 1.16. The van der Waals surface area contributed by atoms with Crippen LogP contribution in [0.3, 0.4) is 0 Å². The number of nitrogens with zero attached hydrogens (tertiary/aromatic N) is 4. The highest BCUT2D eigenvalue weighted by molar-refractivity contribution is 14.1. The maximum Gasteiger partial charge on any atom is 0.226 e. The number of rotatable bonds is 5. The van der Waals surface area contributed by atoms with Crippen LogP contribution in [0.25, 0.3) is 11.2 Å².